The second-order valence-electron chi connectivity index (χ2n) is 2.54. The average molecular weight is 174 g/mol. The van der Waals surface area contributed by atoms with Gasteiger partial charge in [-0.1, -0.05) is 37.3 Å². The van der Waals surface area contributed by atoms with E-state index < -0.39 is 0 Å². The SMILES string of the molecule is CCCSCc1ccccc1.[H-].[Li+]. The van der Waals surface area contributed by atoms with Crippen LogP contribution in [0.25, 0.3) is 0 Å². The van der Waals surface area contributed by atoms with Crippen molar-refractivity contribution < 1.29 is 20.3 Å². The molecule has 1 aromatic rings. The van der Waals surface area contributed by atoms with Crippen LogP contribution in [0, 0.1) is 0 Å². The van der Waals surface area contributed by atoms with Gasteiger partial charge in [0.1, 0.15) is 0 Å². The van der Waals surface area contributed by atoms with Crippen LogP contribution in [0.1, 0.15) is 20.3 Å². The van der Waals surface area contributed by atoms with E-state index in [0.717, 1.165) is 5.75 Å². The van der Waals surface area contributed by atoms with Crippen molar-refractivity contribution in [2.45, 2.75) is 19.1 Å². The van der Waals surface area contributed by atoms with Crippen LogP contribution in [-0.4, -0.2) is 5.75 Å². The van der Waals surface area contributed by atoms with Crippen molar-refractivity contribution in [1.29, 1.82) is 0 Å². The van der Waals surface area contributed by atoms with Gasteiger partial charge in [-0.2, -0.15) is 11.8 Å². The van der Waals surface area contributed by atoms with E-state index in [2.05, 4.69) is 37.3 Å². The van der Waals surface area contributed by atoms with Gasteiger partial charge in [0.25, 0.3) is 0 Å². The van der Waals surface area contributed by atoms with Crippen LogP contribution in [0.15, 0.2) is 30.3 Å². The molecule has 1 aromatic carbocycles. The van der Waals surface area contributed by atoms with Gasteiger partial charge >= 0.3 is 18.9 Å². The molecule has 0 fully saturated rings. The van der Waals surface area contributed by atoms with E-state index in [1.165, 1.54) is 17.7 Å². The molecular weight excluding hydrogens is 159 g/mol. The Bertz CT molecular complexity index is 191. The summed E-state index contributed by atoms with van der Waals surface area (Å²) in [5.74, 6) is 2.43. The van der Waals surface area contributed by atoms with Crippen molar-refractivity contribution in [2.24, 2.45) is 0 Å². The molecule has 0 radical (unpaired) electrons. The molecule has 0 aliphatic rings. The van der Waals surface area contributed by atoms with Crippen LogP contribution in [0.4, 0.5) is 0 Å². The maximum Gasteiger partial charge on any atom is 1.00 e. The van der Waals surface area contributed by atoms with Gasteiger partial charge in [0, 0.05) is 5.75 Å². The van der Waals surface area contributed by atoms with Gasteiger partial charge in [-0.05, 0) is 17.7 Å². The monoisotopic (exact) mass is 174 g/mol. The molecule has 62 valence electrons. The Balaban J connectivity index is 0. The van der Waals surface area contributed by atoms with Crippen LogP contribution in [0.5, 0.6) is 0 Å². The van der Waals surface area contributed by atoms with Gasteiger partial charge in [0.05, 0.1) is 0 Å². The summed E-state index contributed by atoms with van der Waals surface area (Å²) in [7, 11) is 0. The van der Waals surface area contributed by atoms with Gasteiger partial charge in [-0.3, -0.25) is 0 Å². The predicted molar refractivity (Wildman–Crippen MR) is 54.0 cm³/mol. The minimum atomic E-state index is 0. The number of rotatable bonds is 4. The number of benzene rings is 1. The van der Waals surface area contributed by atoms with Gasteiger partial charge in [-0.15, -0.1) is 0 Å². The summed E-state index contributed by atoms with van der Waals surface area (Å²) in [6, 6.07) is 10.6. The quantitative estimate of drug-likeness (QED) is 0.471. The summed E-state index contributed by atoms with van der Waals surface area (Å²) >= 11 is 2.01. The van der Waals surface area contributed by atoms with Crippen molar-refractivity contribution in [3.63, 3.8) is 0 Å². The summed E-state index contributed by atoms with van der Waals surface area (Å²) in [4.78, 5) is 0. The maximum atomic E-state index is 2.22. The topological polar surface area (TPSA) is 0 Å². The Kier molecular flexibility index (Phi) is 7.91. The minimum Gasteiger partial charge on any atom is -1.00 e. The standard InChI is InChI=1S/C10H14S.Li.H/c1-2-8-11-9-10-6-4-3-5-7-10;;/h3-7H,2,8-9H2,1H3;;/q;+1;-1. The molecule has 0 N–H and O–H groups in total. The number of hydrogen-bond donors (Lipinski definition) is 0. The third kappa shape index (κ3) is 4.93. The van der Waals surface area contributed by atoms with Crippen molar-refractivity contribution in [3.05, 3.63) is 35.9 Å². The third-order valence-electron chi connectivity index (χ3n) is 1.46. The van der Waals surface area contributed by atoms with Crippen LogP contribution < -0.4 is 18.9 Å². The molecule has 0 saturated carbocycles. The van der Waals surface area contributed by atoms with E-state index in [1.54, 1.807) is 0 Å². The first-order valence-corrected chi connectivity index (χ1v) is 5.20. The van der Waals surface area contributed by atoms with E-state index in [-0.39, 0.29) is 20.3 Å². The third-order valence-corrected chi connectivity index (χ3v) is 2.69. The van der Waals surface area contributed by atoms with Gasteiger partial charge in [-0.25, -0.2) is 0 Å². The fourth-order valence-corrected chi connectivity index (χ4v) is 1.77. The molecule has 0 atom stereocenters. The molecule has 0 aromatic heterocycles. The molecule has 0 aliphatic heterocycles. The molecule has 0 aliphatic carbocycles. The molecule has 0 saturated heterocycles. The zero-order valence-corrected chi connectivity index (χ0v) is 8.73. The Hall–Kier alpha value is 0.167. The molecule has 0 spiro atoms. The van der Waals surface area contributed by atoms with Crippen molar-refractivity contribution in [1.82, 2.24) is 0 Å². The van der Waals surface area contributed by atoms with E-state index in [9.17, 15) is 0 Å². The molecule has 0 nitrogen and oxygen atoms in total. The van der Waals surface area contributed by atoms with Gasteiger partial charge in [0.15, 0.2) is 0 Å². The van der Waals surface area contributed by atoms with Crippen molar-refractivity contribution in [3.8, 4) is 0 Å². The molecule has 12 heavy (non-hydrogen) atoms. The van der Waals surface area contributed by atoms with E-state index in [1.807, 2.05) is 11.8 Å². The smallest absolute Gasteiger partial charge is 1.00 e. The number of hydrogen-bond acceptors (Lipinski definition) is 1. The Morgan fingerprint density at radius 3 is 2.50 bits per heavy atom. The second-order valence-corrected chi connectivity index (χ2v) is 3.64. The summed E-state index contributed by atoms with van der Waals surface area (Å²) in [6.07, 6.45) is 1.28. The molecule has 0 bridgehead atoms. The predicted octanol–water partition coefficient (Wildman–Crippen LogP) is 0.446. The molecule has 0 heterocycles. The van der Waals surface area contributed by atoms with Crippen molar-refractivity contribution >= 4 is 11.8 Å². The fourth-order valence-electron chi connectivity index (χ4n) is 0.909. The summed E-state index contributed by atoms with van der Waals surface area (Å²) in [5, 5.41) is 0. The van der Waals surface area contributed by atoms with Crippen LogP contribution >= 0.6 is 11.8 Å². The maximum absolute atomic E-state index is 2.22. The van der Waals surface area contributed by atoms with Gasteiger partial charge in [0.2, 0.25) is 0 Å². The van der Waals surface area contributed by atoms with Crippen LogP contribution in [0.2, 0.25) is 0 Å². The van der Waals surface area contributed by atoms with E-state index in [0.29, 0.717) is 0 Å². The normalized spacial score (nSPS) is 9.08. The van der Waals surface area contributed by atoms with E-state index in [4.69, 9.17) is 0 Å². The Labute approximate surface area is 92.8 Å². The molecule has 2 heteroatoms. The van der Waals surface area contributed by atoms with Crippen LogP contribution in [-0.2, 0) is 5.75 Å². The van der Waals surface area contributed by atoms with Gasteiger partial charge < -0.3 is 1.43 Å². The second kappa shape index (κ2) is 7.80. The Morgan fingerprint density at radius 2 is 1.92 bits per heavy atom. The van der Waals surface area contributed by atoms with E-state index >= 15 is 0 Å². The summed E-state index contributed by atoms with van der Waals surface area (Å²) in [5.41, 5.74) is 1.44. The summed E-state index contributed by atoms with van der Waals surface area (Å²) < 4.78 is 0. The molecule has 0 amide bonds. The molecule has 1 rings (SSSR count). The molecular formula is C10H15LiS. The largest absolute Gasteiger partial charge is 1.00 e. The Morgan fingerprint density at radius 1 is 1.25 bits per heavy atom. The zero-order valence-electron chi connectivity index (χ0n) is 8.92. The number of thioether (sulfide) groups is 1. The first-order valence-electron chi connectivity index (χ1n) is 4.05. The van der Waals surface area contributed by atoms with Crippen LogP contribution in [0.3, 0.4) is 0 Å². The fraction of sp³-hybridized carbons (Fsp3) is 0.400. The average Bonchev–Trinajstić information content (AvgIpc) is 2.07. The first-order chi connectivity index (χ1) is 5.43. The molecule has 0 unspecified atom stereocenters. The minimum absolute atomic E-state index is 0. The summed E-state index contributed by atoms with van der Waals surface area (Å²) in [6.45, 7) is 2.22. The first kappa shape index (κ1) is 12.2. The van der Waals surface area contributed by atoms with Crippen molar-refractivity contribution in [2.75, 3.05) is 5.75 Å². The zero-order chi connectivity index (χ0) is 7.94.